The van der Waals surface area contributed by atoms with Crippen molar-refractivity contribution in [2.75, 3.05) is 11.4 Å². The molecule has 1 N–H and O–H groups in total. The van der Waals surface area contributed by atoms with Crippen LogP contribution in [0, 0.1) is 6.92 Å². The average molecular weight is 399 g/mol. The molecule has 0 saturated heterocycles. The van der Waals surface area contributed by atoms with Crippen LogP contribution >= 0.6 is 0 Å². The molecule has 4 heteroatoms. The molecule has 0 unspecified atom stereocenters. The fourth-order valence-electron chi connectivity index (χ4n) is 4.17. The number of nitrogens with zero attached hydrogens (tertiary/aromatic N) is 1. The van der Waals surface area contributed by atoms with Gasteiger partial charge in [0.2, 0.25) is 5.91 Å². The number of benzene rings is 3. The summed E-state index contributed by atoms with van der Waals surface area (Å²) in [4.78, 5) is 26.1. The SMILES string of the molecule is Cc1cccc(CC(=O)N2CCc3cccc(CCc4ccc(C(=O)O)cc4)c32)c1. The van der Waals surface area contributed by atoms with Crippen molar-refractivity contribution in [1.82, 2.24) is 0 Å². The zero-order valence-corrected chi connectivity index (χ0v) is 17.1. The number of aromatic carboxylic acids is 1. The summed E-state index contributed by atoms with van der Waals surface area (Å²) >= 11 is 0. The van der Waals surface area contributed by atoms with E-state index in [-0.39, 0.29) is 5.91 Å². The van der Waals surface area contributed by atoms with Crippen LogP contribution in [0.3, 0.4) is 0 Å². The zero-order valence-electron chi connectivity index (χ0n) is 17.1. The summed E-state index contributed by atoms with van der Waals surface area (Å²) in [5, 5.41) is 9.05. The third-order valence-electron chi connectivity index (χ3n) is 5.70. The van der Waals surface area contributed by atoms with Crippen molar-refractivity contribution >= 4 is 17.6 Å². The minimum Gasteiger partial charge on any atom is -0.478 e. The molecule has 0 aromatic heterocycles. The zero-order chi connectivity index (χ0) is 21.1. The molecule has 0 aliphatic carbocycles. The lowest BCUT2D eigenvalue weighted by molar-refractivity contribution is -0.117. The summed E-state index contributed by atoms with van der Waals surface area (Å²) in [6.07, 6.45) is 2.90. The number of carbonyl (C=O) groups excluding carboxylic acids is 1. The molecule has 3 aromatic carbocycles. The second-order valence-corrected chi connectivity index (χ2v) is 7.89. The average Bonchev–Trinajstić information content (AvgIpc) is 3.17. The Morgan fingerprint density at radius 2 is 1.70 bits per heavy atom. The molecule has 0 fully saturated rings. The van der Waals surface area contributed by atoms with Crippen molar-refractivity contribution in [2.24, 2.45) is 0 Å². The summed E-state index contributed by atoms with van der Waals surface area (Å²) in [6.45, 7) is 2.77. The largest absolute Gasteiger partial charge is 0.478 e. The van der Waals surface area contributed by atoms with E-state index in [2.05, 4.69) is 24.3 Å². The number of hydrogen-bond acceptors (Lipinski definition) is 2. The molecule has 0 spiro atoms. The first-order chi connectivity index (χ1) is 14.5. The van der Waals surface area contributed by atoms with Gasteiger partial charge in [0.25, 0.3) is 0 Å². The van der Waals surface area contributed by atoms with Gasteiger partial charge in [0, 0.05) is 6.54 Å². The maximum atomic E-state index is 13.1. The molecule has 0 radical (unpaired) electrons. The number of rotatable bonds is 6. The number of hydrogen-bond donors (Lipinski definition) is 1. The quantitative estimate of drug-likeness (QED) is 0.659. The Labute approximate surface area is 176 Å². The maximum Gasteiger partial charge on any atom is 0.335 e. The van der Waals surface area contributed by atoms with E-state index in [1.165, 1.54) is 11.1 Å². The number of aryl methyl sites for hydroxylation is 3. The van der Waals surface area contributed by atoms with E-state index in [1.807, 2.05) is 42.2 Å². The minimum atomic E-state index is -0.912. The third kappa shape index (κ3) is 4.28. The van der Waals surface area contributed by atoms with Crippen molar-refractivity contribution in [2.45, 2.75) is 32.6 Å². The van der Waals surface area contributed by atoms with Crippen LogP contribution in [0.1, 0.15) is 38.2 Å². The van der Waals surface area contributed by atoms with Crippen LogP contribution in [0.4, 0.5) is 5.69 Å². The van der Waals surface area contributed by atoms with Gasteiger partial charge in [-0.15, -0.1) is 0 Å². The lowest BCUT2D eigenvalue weighted by Crippen LogP contribution is -2.31. The molecule has 0 atom stereocenters. The standard InChI is InChI=1S/C26H25NO3/c1-18-4-2-5-20(16-18)17-24(28)27-15-14-22-7-3-6-21(25(22)27)11-8-19-9-12-23(13-10-19)26(29)30/h2-7,9-10,12-13,16H,8,11,14-15,17H2,1H3,(H,29,30). The molecular formula is C26H25NO3. The number of amides is 1. The molecule has 0 saturated carbocycles. The van der Waals surface area contributed by atoms with Gasteiger partial charge >= 0.3 is 5.97 Å². The summed E-state index contributed by atoms with van der Waals surface area (Å²) in [6, 6.07) is 21.4. The Morgan fingerprint density at radius 1 is 0.933 bits per heavy atom. The molecule has 30 heavy (non-hydrogen) atoms. The van der Waals surface area contributed by atoms with Crippen molar-refractivity contribution in [3.8, 4) is 0 Å². The van der Waals surface area contributed by atoms with Crippen LogP contribution in [-0.2, 0) is 30.5 Å². The molecule has 4 rings (SSSR count). The van der Waals surface area contributed by atoms with Gasteiger partial charge in [-0.1, -0.05) is 60.2 Å². The highest BCUT2D eigenvalue weighted by molar-refractivity contribution is 5.97. The first kappa shape index (κ1) is 19.9. The fraction of sp³-hybridized carbons (Fsp3) is 0.231. The molecule has 4 nitrogen and oxygen atoms in total. The van der Waals surface area contributed by atoms with Gasteiger partial charge in [-0.05, 0) is 60.6 Å². The van der Waals surface area contributed by atoms with Crippen LogP contribution in [0.2, 0.25) is 0 Å². The maximum absolute atomic E-state index is 13.1. The summed E-state index contributed by atoms with van der Waals surface area (Å²) < 4.78 is 0. The summed E-state index contributed by atoms with van der Waals surface area (Å²) in [5.41, 5.74) is 7.07. The smallest absolute Gasteiger partial charge is 0.335 e. The monoisotopic (exact) mass is 399 g/mol. The van der Waals surface area contributed by atoms with Gasteiger partial charge in [-0.3, -0.25) is 4.79 Å². The van der Waals surface area contributed by atoms with Crippen molar-refractivity contribution in [3.05, 3.63) is 100 Å². The van der Waals surface area contributed by atoms with Crippen molar-refractivity contribution in [3.63, 3.8) is 0 Å². The molecule has 1 amide bonds. The highest BCUT2D eigenvalue weighted by atomic mass is 16.4. The number of para-hydroxylation sites is 1. The molecule has 0 bridgehead atoms. The Morgan fingerprint density at radius 3 is 2.43 bits per heavy atom. The summed E-state index contributed by atoms with van der Waals surface area (Å²) in [7, 11) is 0. The van der Waals surface area contributed by atoms with Crippen LogP contribution in [0.5, 0.6) is 0 Å². The molecular weight excluding hydrogens is 374 g/mol. The first-order valence-corrected chi connectivity index (χ1v) is 10.3. The van der Waals surface area contributed by atoms with Gasteiger partial charge in [0.1, 0.15) is 0 Å². The Bertz CT molecular complexity index is 1090. The lowest BCUT2D eigenvalue weighted by atomic mass is 9.99. The van der Waals surface area contributed by atoms with E-state index in [9.17, 15) is 9.59 Å². The highest BCUT2D eigenvalue weighted by Crippen LogP contribution is 2.33. The highest BCUT2D eigenvalue weighted by Gasteiger charge is 2.27. The topological polar surface area (TPSA) is 57.6 Å². The number of fused-ring (bicyclic) bond motifs is 1. The molecule has 1 aliphatic heterocycles. The Balaban J connectivity index is 1.51. The predicted octanol–water partition coefficient (Wildman–Crippen LogP) is 4.61. The molecule has 1 heterocycles. The molecule has 152 valence electrons. The second kappa shape index (κ2) is 8.54. The van der Waals surface area contributed by atoms with E-state index in [0.717, 1.165) is 48.2 Å². The summed E-state index contributed by atoms with van der Waals surface area (Å²) in [5.74, 6) is -0.775. The number of carboxylic acid groups (broad SMARTS) is 1. The minimum absolute atomic E-state index is 0.137. The van der Waals surface area contributed by atoms with Crippen molar-refractivity contribution in [1.29, 1.82) is 0 Å². The van der Waals surface area contributed by atoms with E-state index >= 15 is 0 Å². The Kier molecular flexibility index (Phi) is 5.66. The van der Waals surface area contributed by atoms with E-state index in [0.29, 0.717) is 12.0 Å². The number of carbonyl (C=O) groups is 2. The van der Waals surface area contributed by atoms with Crippen molar-refractivity contribution < 1.29 is 14.7 Å². The Hall–Kier alpha value is -3.40. The van der Waals surface area contributed by atoms with Gasteiger partial charge in [0.05, 0.1) is 17.7 Å². The fourth-order valence-corrected chi connectivity index (χ4v) is 4.17. The predicted molar refractivity (Wildman–Crippen MR) is 118 cm³/mol. The van der Waals surface area contributed by atoms with E-state index in [1.54, 1.807) is 12.1 Å². The third-order valence-corrected chi connectivity index (χ3v) is 5.70. The van der Waals surface area contributed by atoms with Crippen LogP contribution in [0.15, 0.2) is 66.7 Å². The second-order valence-electron chi connectivity index (χ2n) is 7.89. The van der Waals surface area contributed by atoms with Gasteiger partial charge < -0.3 is 10.0 Å². The van der Waals surface area contributed by atoms with Crippen LogP contribution in [-0.4, -0.2) is 23.5 Å². The first-order valence-electron chi connectivity index (χ1n) is 10.3. The van der Waals surface area contributed by atoms with Gasteiger partial charge in [-0.2, -0.15) is 0 Å². The molecule has 1 aliphatic rings. The van der Waals surface area contributed by atoms with Crippen LogP contribution < -0.4 is 4.90 Å². The molecule has 3 aromatic rings. The van der Waals surface area contributed by atoms with E-state index < -0.39 is 5.97 Å². The van der Waals surface area contributed by atoms with Crippen LogP contribution in [0.25, 0.3) is 0 Å². The van der Waals surface area contributed by atoms with E-state index in [4.69, 9.17) is 5.11 Å². The van der Waals surface area contributed by atoms with Gasteiger partial charge in [-0.25, -0.2) is 4.79 Å². The van der Waals surface area contributed by atoms with Gasteiger partial charge in [0.15, 0.2) is 0 Å². The number of carboxylic acids is 1. The lowest BCUT2D eigenvalue weighted by Gasteiger charge is -2.21. The number of anilines is 1. The normalized spacial score (nSPS) is 12.6.